The van der Waals surface area contributed by atoms with Crippen molar-refractivity contribution in [2.24, 2.45) is 0 Å². The van der Waals surface area contributed by atoms with Crippen LogP contribution in [0, 0.1) is 0 Å². The van der Waals surface area contributed by atoms with Crippen molar-refractivity contribution in [3.05, 3.63) is 24.1 Å². The third-order valence-corrected chi connectivity index (χ3v) is 2.32. The molecule has 0 radical (unpaired) electrons. The summed E-state index contributed by atoms with van der Waals surface area (Å²) in [4.78, 5) is 0. The molecule has 1 unspecified atom stereocenters. The molecule has 2 heterocycles. The molecule has 1 aromatic rings. The zero-order valence-electron chi connectivity index (χ0n) is 7.57. The van der Waals surface area contributed by atoms with E-state index in [2.05, 4.69) is 16.5 Å². The largest absolute Gasteiger partial charge is 0.357 e. The summed E-state index contributed by atoms with van der Waals surface area (Å²) in [5, 5.41) is 7.07. The van der Waals surface area contributed by atoms with Crippen LogP contribution in [-0.4, -0.2) is 17.7 Å². The molecule has 1 aliphatic heterocycles. The van der Waals surface area contributed by atoms with Crippen LogP contribution in [0.4, 0.5) is 0 Å². The second-order valence-corrected chi connectivity index (χ2v) is 3.35. The first-order chi connectivity index (χ1) is 6.45. The normalized spacial score (nSPS) is 22.9. The molecule has 1 saturated heterocycles. The van der Waals surface area contributed by atoms with Crippen molar-refractivity contribution in [3.8, 4) is 0 Å². The summed E-state index contributed by atoms with van der Waals surface area (Å²) in [6.07, 6.45) is 9.46. The van der Waals surface area contributed by atoms with Crippen LogP contribution in [0.1, 0.15) is 25.0 Å². The highest BCUT2D eigenvalue weighted by molar-refractivity contribution is 5.41. The Morgan fingerprint density at radius 3 is 3.38 bits per heavy atom. The van der Waals surface area contributed by atoms with Gasteiger partial charge in [-0.1, -0.05) is 11.2 Å². The van der Waals surface area contributed by atoms with Crippen molar-refractivity contribution in [2.45, 2.75) is 25.3 Å². The fourth-order valence-corrected chi connectivity index (χ4v) is 1.62. The summed E-state index contributed by atoms with van der Waals surface area (Å²) in [7, 11) is 0. The van der Waals surface area contributed by atoms with Gasteiger partial charge in [0.15, 0.2) is 5.76 Å². The first kappa shape index (κ1) is 8.51. The molecule has 0 saturated carbocycles. The van der Waals surface area contributed by atoms with Crippen molar-refractivity contribution in [1.82, 2.24) is 10.5 Å². The van der Waals surface area contributed by atoms with Crippen molar-refractivity contribution in [2.75, 3.05) is 6.54 Å². The average molecular weight is 178 g/mol. The molecule has 2 rings (SSSR count). The highest BCUT2D eigenvalue weighted by Crippen LogP contribution is 2.10. The summed E-state index contributed by atoms with van der Waals surface area (Å²) in [6.45, 7) is 1.17. The van der Waals surface area contributed by atoms with E-state index in [0.29, 0.717) is 6.04 Å². The third-order valence-electron chi connectivity index (χ3n) is 2.32. The van der Waals surface area contributed by atoms with Gasteiger partial charge in [-0.3, -0.25) is 0 Å². The molecule has 1 atom stereocenters. The smallest absolute Gasteiger partial charge is 0.159 e. The number of nitrogens with zero attached hydrogens (tertiary/aromatic N) is 1. The molecule has 1 aliphatic rings. The van der Waals surface area contributed by atoms with Gasteiger partial charge in [0.05, 0.1) is 6.20 Å². The van der Waals surface area contributed by atoms with E-state index in [1.165, 1.54) is 19.4 Å². The standard InChI is InChI=1S/C10H14N2O/c1(3-9-4-2-7-11-9)5-10-6-8-12-13-10/h1,5-6,8-9,11H,2-4,7H2/b5-1-. The third kappa shape index (κ3) is 2.42. The van der Waals surface area contributed by atoms with E-state index in [1.54, 1.807) is 6.20 Å². The van der Waals surface area contributed by atoms with Gasteiger partial charge in [0.2, 0.25) is 0 Å². The average Bonchev–Trinajstić information content (AvgIpc) is 2.75. The minimum atomic E-state index is 0.666. The molecule has 1 N–H and O–H groups in total. The van der Waals surface area contributed by atoms with Gasteiger partial charge < -0.3 is 9.84 Å². The predicted molar refractivity (Wildman–Crippen MR) is 51.2 cm³/mol. The molecule has 3 heteroatoms. The zero-order valence-corrected chi connectivity index (χ0v) is 7.57. The van der Waals surface area contributed by atoms with E-state index in [9.17, 15) is 0 Å². The molecule has 13 heavy (non-hydrogen) atoms. The monoisotopic (exact) mass is 178 g/mol. The minimum Gasteiger partial charge on any atom is -0.357 e. The van der Waals surface area contributed by atoms with Gasteiger partial charge in [-0.25, -0.2) is 0 Å². The van der Waals surface area contributed by atoms with Gasteiger partial charge in [0.1, 0.15) is 0 Å². The Labute approximate surface area is 77.8 Å². The quantitative estimate of drug-likeness (QED) is 0.767. The van der Waals surface area contributed by atoms with Crippen molar-refractivity contribution >= 4 is 6.08 Å². The Balaban J connectivity index is 1.78. The second kappa shape index (κ2) is 4.23. The minimum absolute atomic E-state index is 0.666. The molecular formula is C10H14N2O. The van der Waals surface area contributed by atoms with E-state index in [4.69, 9.17) is 4.52 Å². The van der Waals surface area contributed by atoms with Crippen LogP contribution in [0.2, 0.25) is 0 Å². The first-order valence-electron chi connectivity index (χ1n) is 4.76. The maximum Gasteiger partial charge on any atom is 0.159 e. The summed E-state index contributed by atoms with van der Waals surface area (Å²) in [5.41, 5.74) is 0. The van der Waals surface area contributed by atoms with Crippen LogP contribution in [0.15, 0.2) is 22.9 Å². The first-order valence-corrected chi connectivity index (χ1v) is 4.76. The SMILES string of the molecule is C(=C/c1ccno1)/CC1CCCN1. The lowest BCUT2D eigenvalue weighted by Gasteiger charge is -2.04. The van der Waals surface area contributed by atoms with Crippen LogP contribution >= 0.6 is 0 Å². The maximum absolute atomic E-state index is 4.94. The van der Waals surface area contributed by atoms with Crippen LogP contribution in [-0.2, 0) is 0 Å². The summed E-state index contributed by atoms with van der Waals surface area (Å²) >= 11 is 0. The maximum atomic E-state index is 4.94. The Bertz CT molecular complexity index is 260. The lowest BCUT2D eigenvalue weighted by atomic mass is 10.1. The van der Waals surface area contributed by atoms with E-state index in [1.807, 2.05) is 12.1 Å². The van der Waals surface area contributed by atoms with Gasteiger partial charge in [-0.05, 0) is 31.9 Å². The number of hydrogen-bond acceptors (Lipinski definition) is 3. The fraction of sp³-hybridized carbons (Fsp3) is 0.500. The molecule has 1 aromatic heterocycles. The van der Waals surface area contributed by atoms with Crippen molar-refractivity contribution in [3.63, 3.8) is 0 Å². The number of rotatable bonds is 3. The van der Waals surface area contributed by atoms with Gasteiger partial charge >= 0.3 is 0 Å². The summed E-state index contributed by atoms with van der Waals surface area (Å²) < 4.78 is 4.94. The van der Waals surface area contributed by atoms with Crippen LogP contribution in [0.25, 0.3) is 6.08 Å². The summed E-state index contributed by atoms with van der Waals surface area (Å²) in [5.74, 6) is 0.831. The Morgan fingerprint density at radius 2 is 2.69 bits per heavy atom. The highest BCUT2D eigenvalue weighted by Gasteiger charge is 2.11. The molecule has 0 aliphatic carbocycles. The van der Waals surface area contributed by atoms with Crippen molar-refractivity contribution < 1.29 is 4.52 Å². The Morgan fingerprint density at radius 1 is 1.69 bits per heavy atom. The second-order valence-electron chi connectivity index (χ2n) is 3.35. The van der Waals surface area contributed by atoms with Gasteiger partial charge in [0.25, 0.3) is 0 Å². The Hall–Kier alpha value is -1.09. The van der Waals surface area contributed by atoms with Crippen LogP contribution < -0.4 is 5.32 Å². The molecule has 0 bridgehead atoms. The molecule has 3 nitrogen and oxygen atoms in total. The Kier molecular flexibility index (Phi) is 2.77. The van der Waals surface area contributed by atoms with Crippen LogP contribution in [0.3, 0.4) is 0 Å². The number of nitrogens with one attached hydrogen (secondary N) is 1. The number of aromatic nitrogens is 1. The van der Waals surface area contributed by atoms with E-state index < -0.39 is 0 Å². The van der Waals surface area contributed by atoms with Crippen molar-refractivity contribution in [1.29, 1.82) is 0 Å². The topological polar surface area (TPSA) is 38.1 Å². The molecule has 0 aromatic carbocycles. The van der Waals surface area contributed by atoms with Gasteiger partial charge in [-0.15, -0.1) is 0 Å². The number of hydrogen-bond donors (Lipinski definition) is 1. The van der Waals surface area contributed by atoms with Crippen LogP contribution in [0.5, 0.6) is 0 Å². The predicted octanol–water partition coefficient (Wildman–Crippen LogP) is 1.83. The zero-order chi connectivity index (χ0) is 8.93. The molecular weight excluding hydrogens is 164 g/mol. The fourth-order valence-electron chi connectivity index (χ4n) is 1.62. The summed E-state index contributed by atoms with van der Waals surface area (Å²) in [6, 6.07) is 2.53. The molecule has 0 amide bonds. The lowest BCUT2D eigenvalue weighted by molar-refractivity contribution is 0.412. The molecule has 70 valence electrons. The molecule has 1 fully saturated rings. The molecule has 0 spiro atoms. The van der Waals surface area contributed by atoms with Gasteiger partial charge in [0, 0.05) is 12.1 Å². The van der Waals surface area contributed by atoms with E-state index in [0.717, 1.165) is 12.2 Å². The van der Waals surface area contributed by atoms with Gasteiger partial charge in [-0.2, -0.15) is 0 Å². The van der Waals surface area contributed by atoms with E-state index in [-0.39, 0.29) is 0 Å². The van der Waals surface area contributed by atoms with E-state index >= 15 is 0 Å². The highest BCUT2D eigenvalue weighted by atomic mass is 16.5. The lowest BCUT2D eigenvalue weighted by Crippen LogP contribution is -2.19.